The number of unbranched alkanes of at least 4 members (excludes halogenated alkanes) is 3. The molecule has 0 heterocycles. The molecule has 0 saturated carbocycles. The lowest BCUT2D eigenvalue weighted by Gasteiger charge is -2.24. The summed E-state index contributed by atoms with van der Waals surface area (Å²) in [5.74, 6) is -0.960. The maximum atomic E-state index is 12.0. The number of hydrogen-bond acceptors (Lipinski definition) is 7. The SMILES string of the molecule is [CH2-]CCCCC(=O)O[C@@H](COC(=O)CCC[CH2-])COP(=O)(O)OCC[N+](C)(C)C. The molecule has 1 N–H and O–H groups in total. The molecule has 0 aromatic rings. The Bertz CT molecular complexity index is 521. The number of phosphoric acid groups is 1. The first-order valence-electron chi connectivity index (χ1n) is 9.85. The van der Waals surface area contributed by atoms with Crippen LogP contribution < -0.4 is 0 Å². The summed E-state index contributed by atoms with van der Waals surface area (Å²) >= 11 is 0. The van der Waals surface area contributed by atoms with Gasteiger partial charge < -0.3 is 32.7 Å². The van der Waals surface area contributed by atoms with Crippen LogP contribution in [0.1, 0.15) is 44.9 Å². The Kier molecular flexibility index (Phi) is 14.4. The zero-order valence-electron chi connectivity index (χ0n) is 18.0. The van der Waals surface area contributed by atoms with Crippen LogP contribution in [-0.4, -0.2) is 74.9 Å². The third-order valence-electron chi connectivity index (χ3n) is 3.68. The summed E-state index contributed by atoms with van der Waals surface area (Å²) in [6.45, 7) is 7.18. The van der Waals surface area contributed by atoms with Crippen LogP contribution in [0, 0.1) is 13.8 Å². The van der Waals surface area contributed by atoms with Crippen molar-refractivity contribution >= 4 is 19.8 Å². The third kappa shape index (κ3) is 17.6. The van der Waals surface area contributed by atoms with Gasteiger partial charge >= 0.3 is 19.8 Å². The minimum Gasteiger partial charge on any atom is -0.462 e. The maximum absolute atomic E-state index is 12.0. The van der Waals surface area contributed by atoms with E-state index < -0.39 is 32.5 Å². The molecule has 0 aliphatic rings. The standard InChI is InChI=1S/C19H37NO8P/c1-6-8-10-12-19(22)28-17(15-25-18(21)11-9-7-2)16-27-29(23,24)26-14-13-20(3,4)5/h17H,1-2,6-16H2,3-5H3,(H,23,24)/q-1/t17-/m0/s1. The molecule has 0 saturated heterocycles. The second-order valence-corrected chi connectivity index (χ2v) is 9.13. The summed E-state index contributed by atoms with van der Waals surface area (Å²) in [5.41, 5.74) is 0. The smallest absolute Gasteiger partial charge is 0.462 e. The number of carbonyl (C=O) groups is 2. The molecule has 9 nitrogen and oxygen atoms in total. The normalized spacial score (nSPS) is 14.8. The molecule has 0 amide bonds. The van der Waals surface area contributed by atoms with Crippen LogP contribution in [0.2, 0.25) is 0 Å². The van der Waals surface area contributed by atoms with E-state index in [0.29, 0.717) is 36.7 Å². The van der Waals surface area contributed by atoms with Gasteiger partial charge in [0.25, 0.3) is 0 Å². The highest BCUT2D eigenvalue weighted by Crippen LogP contribution is 2.43. The summed E-state index contributed by atoms with van der Waals surface area (Å²) in [5, 5.41) is 0. The van der Waals surface area contributed by atoms with Crippen molar-refractivity contribution in [3.63, 3.8) is 0 Å². The van der Waals surface area contributed by atoms with Crippen molar-refractivity contribution in [2.75, 3.05) is 47.5 Å². The number of likely N-dealkylation sites (N-methyl/N-ethyl adjacent to an activating group) is 1. The molecular formula is C19H37NO8P-. The van der Waals surface area contributed by atoms with Crippen LogP contribution in [0.25, 0.3) is 0 Å². The second kappa shape index (κ2) is 14.9. The molecule has 2 atom stereocenters. The lowest BCUT2D eigenvalue weighted by Crippen LogP contribution is -2.37. The molecule has 1 unspecified atom stereocenters. The number of carbonyl (C=O) groups excluding carboxylic acids is 2. The Morgan fingerprint density at radius 2 is 1.59 bits per heavy atom. The number of phosphoric ester groups is 1. The van der Waals surface area contributed by atoms with Crippen molar-refractivity contribution in [3.05, 3.63) is 13.8 Å². The summed E-state index contributed by atoms with van der Waals surface area (Å²) < 4.78 is 32.8. The molecule has 0 fully saturated rings. The Morgan fingerprint density at radius 3 is 2.17 bits per heavy atom. The van der Waals surface area contributed by atoms with Gasteiger partial charge in [-0.2, -0.15) is 12.8 Å². The molecule has 0 aliphatic carbocycles. The number of esters is 2. The minimum absolute atomic E-state index is 0.0207. The Labute approximate surface area is 174 Å². The summed E-state index contributed by atoms with van der Waals surface area (Å²) in [7, 11) is 1.42. The van der Waals surface area contributed by atoms with E-state index in [-0.39, 0.29) is 26.1 Å². The minimum atomic E-state index is -4.33. The van der Waals surface area contributed by atoms with E-state index in [2.05, 4.69) is 13.8 Å². The Hall–Kier alpha value is -0.990. The van der Waals surface area contributed by atoms with Crippen LogP contribution in [-0.2, 0) is 32.7 Å². The van der Waals surface area contributed by atoms with Gasteiger partial charge in [-0.1, -0.05) is 12.8 Å². The molecule has 0 bridgehead atoms. The molecule has 10 heteroatoms. The highest BCUT2D eigenvalue weighted by atomic mass is 31.2. The van der Waals surface area contributed by atoms with Crippen LogP contribution in [0.4, 0.5) is 0 Å². The molecule has 172 valence electrons. The first-order chi connectivity index (χ1) is 13.5. The van der Waals surface area contributed by atoms with Gasteiger partial charge in [0.1, 0.15) is 19.8 Å². The zero-order valence-corrected chi connectivity index (χ0v) is 18.9. The van der Waals surface area contributed by atoms with Gasteiger partial charge in [-0.25, -0.2) is 4.57 Å². The van der Waals surface area contributed by atoms with Crippen molar-refractivity contribution in [3.8, 4) is 0 Å². The van der Waals surface area contributed by atoms with Gasteiger partial charge in [-0.3, -0.25) is 18.6 Å². The fraction of sp³-hybridized carbons (Fsp3) is 0.789. The number of ether oxygens (including phenoxy) is 2. The first kappa shape index (κ1) is 28.0. The number of hydrogen-bond donors (Lipinski definition) is 1. The predicted molar refractivity (Wildman–Crippen MR) is 109 cm³/mol. The second-order valence-electron chi connectivity index (χ2n) is 7.67. The van der Waals surface area contributed by atoms with E-state index in [0.717, 1.165) is 6.42 Å². The van der Waals surface area contributed by atoms with E-state index in [9.17, 15) is 19.0 Å². The van der Waals surface area contributed by atoms with Crippen LogP contribution >= 0.6 is 7.82 Å². The molecular weight excluding hydrogens is 401 g/mol. The van der Waals surface area contributed by atoms with E-state index in [1.807, 2.05) is 21.1 Å². The van der Waals surface area contributed by atoms with Crippen molar-refractivity contribution in [1.82, 2.24) is 0 Å². The average molecular weight is 438 g/mol. The average Bonchev–Trinajstić information content (AvgIpc) is 2.61. The fourth-order valence-electron chi connectivity index (χ4n) is 1.98. The molecule has 0 radical (unpaired) electrons. The number of rotatable bonds is 17. The first-order valence-corrected chi connectivity index (χ1v) is 11.3. The highest BCUT2D eigenvalue weighted by Gasteiger charge is 2.26. The molecule has 0 aromatic carbocycles. The number of quaternary nitrogens is 1. The van der Waals surface area contributed by atoms with E-state index >= 15 is 0 Å². The summed E-state index contributed by atoms with van der Waals surface area (Å²) in [6, 6.07) is 0. The van der Waals surface area contributed by atoms with E-state index in [1.54, 1.807) is 0 Å². The van der Waals surface area contributed by atoms with E-state index in [1.165, 1.54) is 0 Å². The monoisotopic (exact) mass is 438 g/mol. The van der Waals surface area contributed by atoms with Crippen molar-refractivity contribution in [2.24, 2.45) is 0 Å². The van der Waals surface area contributed by atoms with Gasteiger partial charge in [0.15, 0.2) is 6.10 Å². The molecule has 0 aliphatic heterocycles. The lowest BCUT2D eigenvalue weighted by atomic mass is 10.2. The third-order valence-corrected chi connectivity index (χ3v) is 4.66. The van der Waals surface area contributed by atoms with Crippen molar-refractivity contribution in [1.29, 1.82) is 0 Å². The maximum Gasteiger partial charge on any atom is 0.472 e. The molecule has 0 aromatic heterocycles. The van der Waals surface area contributed by atoms with Crippen LogP contribution in [0.15, 0.2) is 0 Å². The zero-order chi connectivity index (χ0) is 22.3. The van der Waals surface area contributed by atoms with Crippen LogP contribution in [0.5, 0.6) is 0 Å². The molecule has 29 heavy (non-hydrogen) atoms. The quantitative estimate of drug-likeness (QED) is 0.121. The van der Waals surface area contributed by atoms with Gasteiger partial charge in [0.2, 0.25) is 0 Å². The lowest BCUT2D eigenvalue weighted by molar-refractivity contribution is -0.870. The predicted octanol–water partition coefficient (Wildman–Crippen LogP) is 2.68. The topological polar surface area (TPSA) is 108 Å². The van der Waals surface area contributed by atoms with Gasteiger partial charge in [0, 0.05) is 12.8 Å². The fourth-order valence-corrected chi connectivity index (χ4v) is 2.72. The van der Waals surface area contributed by atoms with Crippen molar-refractivity contribution < 1.29 is 42.1 Å². The summed E-state index contributed by atoms with van der Waals surface area (Å²) in [6.07, 6.45) is 2.65. The summed E-state index contributed by atoms with van der Waals surface area (Å²) in [4.78, 5) is 33.4. The van der Waals surface area contributed by atoms with Gasteiger partial charge in [0.05, 0.1) is 27.7 Å². The molecule has 0 rings (SSSR count). The van der Waals surface area contributed by atoms with Gasteiger partial charge in [-0.05, 0) is 6.42 Å². The van der Waals surface area contributed by atoms with Crippen molar-refractivity contribution in [2.45, 2.75) is 51.0 Å². The Balaban J connectivity index is 4.63. The number of nitrogens with zero attached hydrogens (tertiary/aromatic N) is 1. The molecule has 0 spiro atoms. The largest absolute Gasteiger partial charge is 0.472 e. The highest BCUT2D eigenvalue weighted by molar-refractivity contribution is 7.47. The van der Waals surface area contributed by atoms with Gasteiger partial charge in [-0.15, -0.1) is 0 Å². The Morgan fingerprint density at radius 1 is 0.966 bits per heavy atom. The van der Waals surface area contributed by atoms with E-state index in [4.69, 9.17) is 18.5 Å². The van der Waals surface area contributed by atoms with Crippen LogP contribution in [0.3, 0.4) is 0 Å².